The summed E-state index contributed by atoms with van der Waals surface area (Å²) in [6.07, 6.45) is -0.697. The molecule has 0 aliphatic carbocycles. The molecular formula is C17H17BrClNO4. The molecule has 0 unspecified atom stereocenters. The molecule has 7 heteroatoms. The quantitative estimate of drug-likeness (QED) is 0.755. The Labute approximate surface area is 154 Å². The van der Waals surface area contributed by atoms with Crippen LogP contribution >= 0.6 is 27.5 Å². The summed E-state index contributed by atoms with van der Waals surface area (Å²) >= 11 is 9.40. The first-order valence-corrected chi connectivity index (χ1v) is 8.26. The third-order valence-corrected chi connectivity index (χ3v) is 4.05. The molecule has 0 aliphatic heterocycles. The first-order valence-electron chi connectivity index (χ1n) is 7.09. The molecule has 0 spiro atoms. The van der Waals surface area contributed by atoms with Crippen molar-refractivity contribution in [2.45, 2.75) is 13.0 Å². The van der Waals surface area contributed by atoms with Crippen molar-refractivity contribution in [1.29, 1.82) is 0 Å². The number of nitrogens with one attached hydrogen (secondary N) is 1. The van der Waals surface area contributed by atoms with Crippen LogP contribution in [-0.2, 0) is 4.79 Å². The van der Waals surface area contributed by atoms with Crippen LogP contribution in [0.3, 0.4) is 0 Å². The van der Waals surface area contributed by atoms with Crippen LogP contribution in [0, 0.1) is 0 Å². The van der Waals surface area contributed by atoms with Crippen molar-refractivity contribution >= 4 is 39.1 Å². The zero-order valence-corrected chi connectivity index (χ0v) is 15.8. The van der Waals surface area contributed by atoms with Gasteiger partial charge in [0.1, 0.15) is 17.2 Å². The van der Waals surface area contributed by atoms with Gasteiger partial charge in [-0.15, -0.1) is 0 Å². The third kappa shape index (κ3) is 4.55. The minimum absolute atomic E-state index is 0.319. The second-order valence-electron chi connectivity index (χ2n) is 4.89. The van der Waals surface area contributed by atoms with Gasteiger partial charge in [0.2, 0.25) is 0 Å². The van der Waals surface area contributed by atoms with E-state index in [0.717, 1.165) is 4.47 Å². The summed E-state index contributed by atoms with van der Waals surface area (Å²) in [4.78, 5) is 12.4. The van der Waals surface area contributed by atoms with E-state index in [9.17, 15) is 4.79 Å². The fourth-order valence-corrected chi connectivity index (χ4v) is 2.46. The van der Waals surface area contributed by atoms with Crippen molar-refractivity contribution in [2.75, 3.05) is 19.5 Å². The van der Waals surface area contributed by atoms with Crippen LogP contribution < -0.4 is 19.5 Å². The van der Waals surface area contributed by atoms with E-state index in [2.05, 4.69) is 21.2 Å². The number of rotatable bonds is 6. The minimum Gasteiger partial charge on any atom is -0.495 e. The lowest BCUT2D eigenvalue weighted by Crippen LogP contribution is -2.30. The van der Waals surface area contributed by atoms with Crippen LogP contribution in [0.15, 0.2) is 40.9 Å². The first kappa shape index (κ1) is 18.4. The maximum absolute atomic E-state index is 12.4. The van der Waals surface area contributed by atoms with Gasteiger partial charge in [-0.2, -0.15) is 0 Å². The highest BCUT2D eigenvalue weighted by molar-refractivity contribution is 9.10. The third-order valence-electron chi connectivity index (χ3n) is 3.23. The Morgan fingerprint density at radius 2 is 1.75 bits per heavy atom. The molecule has 0 bridgehead atoms. The van der Waals surface area contributed by atoms with Crippen molar-refractivity contribution in [1.82, 2.24) is 0 Å². The van der Waals surface area contributed by atoms with Gasteiger partial charge < -0.3 is 19.5 Å². The van der Waals surface area contributed by atoms with E-state index >= 15 is 0 Å². The fraction of sp³-hybridized carbons (Fsp3) is 0.235. The molecule has 0 aromatic heterocycles. The van der Waals surface area contributed by atoms with Gasteiger partial charge in [0.25, 0.3) is 5.91 Å². The summed E-state index contributed by atoms with van der Waals surface area (Å²) in [5.74, 6) is 1.15. The molecule has 0 saturated carbocycles. The lowest BCUT2D eigenvalue weighted by atomic mass is 10.2. The second-order valence-corrected chi connectivity index (χ2v) is 6.21. The Bertz CT molecular complexity index is 721. The molecule has 2 aromatic rings. The van der Waals surface area contributed by atoms with Crippen molar-refractivity contribution in [3.05, 3.63) is 45.9 Å². The fourth-order valence-electron chi connectivity index (χ4n) is 1.96. The molecule has 1 amide bonds. The molecule has 1 N–H and O–H groups in total. The molecule has 2 rings (SSSR count). The average Bonchev–Trinajstić information content (AvgIpc) is 2.57. The molecule has 0 aliphatic rings. The van der Waals surface area contributed by atoms with Crippen molar-refractivity contribution in [3.63, 3.8) is 0 Å². The zero-order valence-electron chi connectivity index (χ0n) is 13.4. The molecule has 1 atom stereocenters. The van der Waals surface area contributed by atoms with E-state index in [1.807, 2.05) is 12.1 Å². The molecule has 2 aromatic carbocycles. The number of carbonyl (C=O) groups is 1. The highest BCUT2D eigenvalue weighted by Crippen LogP contribution is 2.36. The van der Waals surface area contributed by atoms with E-state index in [-0.39, 0.29) is 5.91 Å². The van der Waals surface area contributed by atoms with Gasteiger partial charge in [-0.25, -0.2) is 0 Å². The van der Waals surface area contributed by atoms with Gasteiger partial charge in [0, 0.05) is 16.6 Å². The van der Waals surface area contributed by atoms with E-state index in [1.165, 1.54) is 14.2 Å². The van der Waals surface area contributed by atoms with E-state index in [4.69, 9.17) is 25.8 Å². The number of benzene rings is 2. The lowest BCUT2D eigenvalue weighted by Gasteiger charge is -2.17. The monoisotopic (exact) mass is 413 g/mol. The number of amides is 1. The summed E-state index contributed by atoms with van der Waals surface area (Å²) in [6, 6.07) is 10.4. The lowest BCUT2D eigenvalue weighted by molar-refractivity contribution is -0.122. The van der Waals surface area contributed by atoms with Crippen LogP contribution in [-0.4, -0.2) is 26.2 Å². The van der Waals surface area contributed by atoms with E-state index < -0.39 is 6.10 Å². The number of methoxy groups -OCH3 is 2. The van der Waals surface area contributed by atoms with E-state index in [1.54, 1.807) is 31.2 Å². The smallest absolute Gasteiger partial charge is 0.265 e. The van der Waals surface area contributed by atoms with Crippen molar-refractivity contribution < 1.29 is 19.0 Å². The topological polar surface area (TPSA) is 56.8 Å². The average molecular weight is 415 g/mol. The number of halogens is 2. The molecule has 0 radical (unpaired) electrons. The van der Waals surface area contributed by atoms with Crippen molar-refractivity contribution in [2.24, 2.45) is 0 Å². The number of hydrogen-bond donors (Lipinski definition) is 1. The van der Waals surface area contributed by atoms with Crippen LogP contribution in [0.2, 0.25) is 5.02 Å². The summed E-state index contributed by atoms with van der Waals surface area (Å²) in [5.41, 5.74) is 0.454. The Hall–Kier alpha value is -1.92. The highest BCUT2D eigenvalue weighted by Gasteiger charge is 2.18. The second kappa shape index (κ2) is 8.26. The number of anilines is 1. The predicted molar refractivity (Wildman–Crippen MR) is 97.4 cm³/mol. The SMILES string of the molecule is COc1cc(NC(=O)[C@@H](C)Oc2ccc(Br)cc2)c(OC)cc1Cl. The van der Waals surface area contributed by atoms with Gasteiger partial charge in [-0.05, 0) is 31.2 Å². The predicted octanol–water partition coefficient (Wildman–Crippen LogP) is 4.53. The largest absolute Gasteiger partial charge is 0.495 e. The Morgan fingerprint density at radius 3 is 2.33 bits per heavy atom. The Kier molecular flexibility index (Phi) is 6.34. The highest BCUT2D eigenvalue weighted by atomic mass is 79.9. The summed E-state index contributed by atoms with van der Waals surface area (Å²) in [7, 11) is 2.99. The molecule has 0 heterocycles. The minimum atomic E-state index is -0.697. The van der Waals surface area contributed by atoms with Crippen LogP contribution in [0.1, 0.15) is 6.92 Å². The Balaban J connectivity index is 2.12. The Morgan fingerprint density at radius 1 is 1.12 bits per heavy atom. The maximum atomic E-state index is 12.4. The molecule has 24 heavy (non-hydrogen) atoms. The molecular weight excluding hydrogens is 398 g/mol. The van der Waals surface area contributed by atoms with Crippen LogP contribution in [0.5, 0.6) is 17.2 Å². The van der Waals surface area contributed by atoms with Gasteiger partial charge >= 0.3 is 0 Å². The summed E-state index contributed by atoms with van der Waals surface area (Å²) in [5, 5.41) is 3.15. The maximum Gasteiger partial charge on any atom is 0.265 e. The van der Waals surface area contributed by atoms with Gasteiger partial charge in [-0.3, -0.25) is 4.79 Å². The molecule has 128 valence electrons. The van der Waals surface area contributed by atoms with Gasteiger partial charge in [0.15, 0.2) is 6.10 Å². The van der Waals surface area contributed by atoms with Crippen molar-refractivity contribution in [3.8, 4) is 17.2 Å². The van der Waals surface area contributed by atoms with E-state index in [0.29, 0.717) is 28.0 Å². The summed E-state index contributed by atoms with van der Waals surface area (Å²) in [6.45, 7) is 1.66. The zero-order chi connectivity index (χ0) is 17.7. The van der Waals surface area contributed by atoms with Crippen LogP contribution in [0.4, 0.5) is 5.69 Å². The molecule has 0 fully saturated rings. The number of carbonyl (C=O) groups excluding carboxylic acids is 1. The standard InChI is InChI=1S/C17H17BrClNO4/c1-10(24-12-6-4-11(18)5-7-12)17(21)20-14-9-15(22-2)13(19)8-16(14)23-3/h4-10H,1-3H3,(H,20,21)/t10-/m1/s1. The normalized spacial score (nSPS) is 11.5. The van der Waals surface area contributed by atoms with Gasteiger partial charge in [0.05, 0.1) is 24.9 Å². The van der Waals surface area contributed by atoms with Crippen LogP contribution in [0.25, 0.3) is 0 Å². The van der Waals surface area contributed by atoms with Gasteiger partial charge in [-0.1, -0.05) is 27.5 Å². The number of ether oxygens (including phenoxy) is 3. The molecule has 0 saturated heterocycles. The number of hydrogen-bond acceptors (Lipinski definition) is 4. The summed E-state index contributed by atoms with van der Waals surface area (Å²) < 4.78 is 17.0. The first-order chi connectivity index (χ1) is 11.4. The molecule has 5 nitrogen and oxygen atoms in total.